The monoisotopic (exact) mass is 263 g/mol. The molecule has 106 valence electrons. The molecule has 0 aliphatic carbocycles. The van der Waals surface area contributed by atoms with Crippen LogP contribution >= 0.6 is 0 Å². The average molecular weight is 263 g/mol. The molecule has 4 nitrogen and oxygen atoms in total. The minimum Gasteiger partial charge on any atom is -0.497 e. The van der Waals surface area contributed by atoms with E-state index in [0.29, 0.717) is 6.04 Å². The first-order valence-corrected chi connectivity index (χ1v) is 7.10. The number of nitrogens with two attached hydrogens (primary N) is 1. The second-order valence-electron chi connectivity index (χ2n) is 5.15. The predicted octanol–water partition coefficient (Wildman–Crippen LogP) is 1.55. The molecule has 1 aliphatic heterocycles. The Kier molecular flexibility index (Phi) is 5.05. The van der Waals surface area contributed by atoms with Gasteiger partial charge in [0, 0.05) is 44.5 Å². The van der Waals surface area contributed by atoms with Crippen LogP contribution in [0, 0.1) is 0 Å². The fraction of sp³-hybridized carbons (Fsp3) is 0.600. The number of rotatable bonds is 5. The van der Waals surface area contributed by atoms with E-state index in [4.69, 9.17) is 10.5 Å². The minimum absolute atomic E-state index is 0.313. The first-order chi connectivity index (χ1) is 9.22. The molecule has 0 bridgehead atoms. The van der Waals surface area contributed by atoms with Crippen LogP contribution in [-0.2, 0) is 0 Å². The molecule has 1 saturated heterocycles. The first-order valence-electron chi connectivity index (χ1n) is 7.10. The lowest BCUT2D eigenvalue weighted by Gasteiger charge is -2.37. The van der Waals surface area contributed by atoms with E-state index in [1.54, 1.807) is 7.11 Å². The largest absolute Gasteiger partial charge is 0.497 e. The lowest BCUT2D eigenvalue weighted by atomic mass is 10.2. The van der Waals surface area contributed by atoms with Crippen molar-refractivity contribution in [3.8, 4) is 5.75 Å². The summed E-state index contributed by atoms with van der Waals surface area (Å²) in [6.07, 6.45) is 1.05. The van der Waals surface area contributed by atoms with Crippen LogP contribution in [-0.4, -0.2) is 50.8 Å². The number of anilines is 1. The molecule has 4 heteroatoms. The summed E-state index contributed by atoms with van der Waals surface area (Å²) in [5.74, 6) is 0.913. The molecule has 0 amide bonds. The Balaban J connectivity index is 1.85. The van der Waals surface area contributed by atoms with Crippen LogP contribution in [0.3, 0.4) is 0 Å². The zero-order chi connectivity index (χ0) is 13.7. The van der Waals surface area contributed by atoms with Gasteiger partial charge in [0.05, 0.1) is 7.11 Å². The number of hydrogen-bond acceptors (Lipinski definition) is 4. The van der Waals surface area contributed by atoms with E-state index < -0.39 is 0 Å². The molecule has 1 aliphatic rings. The van der Waals surface area contributed by atoms with Gasteiger partial charge in [-0.05, 0) is 30.7 Å². The molecule has 1 unspecified atom stereocenters. The molecule has 2 N–H and O–H groups in total. The summed E-state index contributed by atoms with van der Waals surface area (Å²) in [6.45, 7) is 7.51. The van der Waals surface area contributed by atoms with Crippen molar-refractivity contribution >= 4 is 5.69 Å². The normalized spacial score (nSPS) is 18.4. The van der Waals surface area contributed by atoms with E-state index in [2.05, 4.69) is 28.9 Å². The summed E-state index contributed by atoms with van der Waals surface area (Å²) in [5.41, 5.74) is 7.29. The highest BCUT2D eigenvalue weighted by Crippen LogP contribution is 2.20. The van der Waals surface area contributed by atoms with Gasteiger partial charge in [0.2, 0.25) is 0 Å². The van der Waals surface area contributed by atoms with Crippen LogP contribution in [0.2, 0.25) is 0 Å². The second-order valence-corrected chi connectivity index (χ2v) is 5.15. The van der Waals surface area contributed by atoms with Gasteiger partial charge in [0.25, 0.3) is 0 Å². The summed E-state index contributed by atoms with van der Waals surface area (Å²) in [7, 11) is 1.70. The van der Waals surface area contributed by atoms with Crippen molar-refractivity contribution in [3.05, 3.63) is 24.3 Å². The van der Waals surface area contributed by atoms with Crippen molar-refractivity contribution in [1.29, 1.82) is 0 Å². The van der Waals surface area contributed by atoms with Crippen LogP contribution in [0.15, 0.2) is 24.3 Å². The Hall–Kier alpha value is -1.26. The standard InChI is InChI=1S/C15H25N3O/c1-3-13(16)12-17-8-10-18(11-9-17)14-4-6-15(19-2)7-5-14/h4-7,13H,3,8-12,16H2,1-2H3. The van der Waals surface area contributed by atoms with E-state index in [1.807, 2.05) is 12.1 Å². The van der Waals surface area contributed by atoms with E-state index in [0.717, 1.165) is 44.9 Å². The summed E-state index contributed by atoms with van der Waals surface area (Å²) in [5, 5.41) is 0. The van der Waals surface area contributed by atoms with Gasteiger partial charge in [-0.15, -0.1) is 0 Å². The molecular formula is C15H25N3O. The maximum absolute atomic E-state index is 6.01. The van der Waals surface area contributed by atoms with E-state index in [-0.39, 0.29) is 0 Å². The fourth-order valence-electron chi connectivity index (χ4n) is 2.44. The van der Waals surface area contributed by atoms with Gasteiger partial charge in [-0.1, -0.05) is 6.92 Å². The molecule has 1 fully saturated rings. The zero-order valence-electron chi connectivity index (χ0n) is 12.0. The molecule has 1 aromatic rings. The Morgan fingerprint density at radius 2 is 1.79 bits per heavy atom. The van der Waals surface area contributed by atoms with Crippen LogP contribution in [0.1, 0.15) is 13.3 Å². The van der Waals surface area contributed by atoms with Gasteiger partial charge >= 0.3 is 0 Å². The lowest BCUT2D eigenvalue weighted by molar-refractivity contribution is 0.241. The smallest absolute Gasteiger partial charge is 0.119 e. The van der Waals surface area contributed by atoms with E-state index in [9.17, 15) is 0 Å². The maximum Gasteiger partial charge on any atom is 0.119 e. The minimum atomic E-state index is 0.313. The topological polar surface area (TPSA) is 41.7 Å². The molecule has 19 heavy (non-hydrogen) atoms. The van der Waals surface area contributed by atoms with Gasteiger partial charge in [0.15, 0.2) is 0 Å². The van der Waals surface area contributed by atoms with Crippen molar-refractivity contribution < 1.29 is 4.74 Å². The Bertz CT molecular complexity index is 371. The molecule has 0 saturated carbocycles. The van der Waals surface area contributed by atoms with Gasteiger partial charge in [0.1, 0.15) is 5.75 Å². The van der Waals surface area contributed by atoms with Gasteiger partial charge in [-0.3, -0.25) is 4.90 Å². The highest BCUT2D eigenvalue weighted by atomic mass is 16.5. The second kappa shape index (κ2) is 6.78. The van der Waals surface area contributed by atoms with Crippen molar-refractivity contribution in [2.75, 3.05) is 44.7 Å². The average Bonchev–Trinajstić information content (AvgIpc) is 2.48. The van der Waals surface area contributed by atoms with Crippen LogP contribution in [0.5, 0.6) is 5.75 Å². The van der Waals surface area contributed by atoms with Crippen molar-refractivity contribution in [1.82, 2.24) is 4.90 Å². The number of methoxy groups -OCH3 is 1. The number of ether oxygens (including phenoxy) is 1. The fourth-order valence-corrected chi connectivity index (χ4v) is 2.44. The molecule has 1 atom stereocenters. The van der Waals surface area contributed by atoms with Crippen LogP contribution < -0.4 is 15.4 Å². The van der Waals surface area contributed by atoms with Crippen molar-refractivity contribution in [3.63, 3.8) is 0 Å². The summed E-state index contributed by atoms with van der Waals surface area (Å²) in [6, 6.07) is 8.62. The highest BCUT2D eigenvalue weighted by molar-refractivity contribution is 5.49. The third-order valence-electron chi connectivity index (χ3n) is 3.83. The Labute approximate surface area is 116 Å². The number of hydrogen-bond donors (Lipinski definition) is 1. The SMILES string of the molecule is CCC(N)CN1CCN(c2ccc(OC)cc2)CC1. The number of nitrogens with zero attached hydrogens (tertiary/aromatic N) is 2. The summed E-state index contributed by atoms with van der Waals surface area (Å²) < 4.78 is 5.19. The summed E-state index contributed by atoms with van der Waals surface area (Å²) >= 11 is 0. The van der Waals surface area contributed by atoms with Gasteiger partial charge in [-0.2, -0.15) is 0 Å². The molecule has 0 aromatic heterocycles. The van der Waals surface area contributed by atoms with E-state index in [1.165, 1.54) is 5.69 Å². The van der Waals surface area contributed by atoms with Crippen molar-refractivity contribution in [2.24, 2.45) is 5.73 Å². The predicted molar refractivity (Wildman–Crippen MR) is 79.9 cm³/mol. The van der Waals surface area contributed by atoms with Gasteiger partial charge < -0.3 is 15.4 Å². The van der Waals surface area contributed by atoms with Gasteiger partial charge in [-0.25, -0.2) is 0 Å². The summed E-state index contributed by atoms with van der Waals surface area (Å²) in [4.78, 5) is 4.89. The molecule has 0 radical (unpaired) electrons. The maximum atomic E-state index is 6.01. The van der Waals surface area contributed by atoms with Crippen molar-refractivity contribution in [2.45, 2.75) is 19.4 Å². The third kappa shape index (κ3) is 3.85. The molecular weight excluding hydrogens is 238 g/mol. The highest BCUT2D eigenvalue weighted by Gasteiger charge is 2.18. The molecule has 1 heterocycles. The molecule has 1 aromatic carbocycles. The van der Waals surface area contributed by atoms with E-state index >= 15 is 0 Å². The molecule has 0 spiro atoms. The number of benzene rings is 1. The lowest BCUT2D eigenvalue weighted by Crippen LogP contribution is -2.49. The zero-order valence-corrected chi connectivity index (χ0v) is 12.0. The number of piperazine rings is 1. The Morgan fingerprint density at radius 3 is 2.32 bits per heavy atom. The quantitative estimate of drug-likeness (QED) is 0.875. The Morgan fingerprint density at radius 1 is 1.16 bits per heavy atom. The van der Waals surface area contributed by atoms with Crippen LogP contribution in [0.4, 0.5) is 5.69 Å². The third-order valence-corrected chi connectivity index (χ3v) is 3.83. The first kappa shape index (κ1) is 14.2. The molecule has 2 rings (SSSR count). The van der Waals surface area contributed by atoms with Crippen LogP contribution in [0.25, 0.3) is 0 Å².